The number of primary amides is 1. The minimum Gasteiger partial charge on any atom is -0.369 e. The molecule has 1 aliphatic rings. The summed E-state index contributed by atoms with van der Waals surface area (Å²) in [5.74, 6) is -0.113. The molecule has 0 saturated heterocycles. The van der Waals surface area contributed by atoms with Gasteiger partial charge < -0.3 is 5.73 Å². The summed E-state index contributed by atoms with van der Waals surface area (Å²) in [6, 6.07) is 0.108. The van der Waals surface area contributed by atoms with Crippen LogP contribution in [0.5, 0.6) is 0 Å². The van der Waals surface area contributed by atoms with Gasteiger partial charge in [-0.3, -0.25) is 14.5 Å². The summed E-state index contributed by atoms with van der Waals surface area (Å²) in [6.07, 6.45) is 2.45. The molecule has 2 N–H and O–H groups in total. The topological polar surface area (TPSA) is 63.4 Å². The average Bonchev–Trinajstić information content (AvgIpc) is 2.46. The van der Waals surface area contributed by atoms with E-state index in [1.54, 1.807) is 0 Å². The van der Waals surface area contributed by atoms with Gasteiger partial charge in [0.15, 0.2) is 0 Å². The Kier molecular flexibility index (Phi) is 3.63. The van der Waals surface area contributed by atoms with Gasteiger partial charge in [0.2, 0.25) is 5.91 Å². The fourth-order valence-electron chi connectivity index (χ4n) is 1.98. The van der Waals surface area contributed by atoms with Gasteiger partial charge in [-0.1, -0.05) is 0 Å². The van der Waals surface area contributed by atoms with Gasteiger partial charge in [0, 0.05) is 12.5 Å². The third-order valence-corrected chi connectivity index (χ3v) is 2.67. The van der Waals surface area contributed by atoms with Gasteiger partial charge >= 0.3 is 0 Å². The van der Waals surface area contributed by atoms with Crippen LogP contribution in [0.3, 0.4) is 0 Å². The van der Waals surface area contributed by atoms with Crippen LogP contribution in [0.25, 0.3) is 0 Å². The van der Waals surface area contributed by atoms with E-state index in [-0.39, 0.29) is 30.3 Å². The van der Waals surface area contributed by atoms with Crippen molar-refractivity contribution < 1.29 is 9.59 Å². The molecule has 4 heteroatoms. The lowest BCUT2D eigenvalue weighted by atomic mass is 10.1. The van der Waals surface area contributed by atoms with Crippen LogP contribution in [0, 0.1) is 0 Å². The summed E-state index contributed by atoms with van der Waals surface area (Å²) in [4.78, 5) is 24.3. The average molecular weight is 198 g/mol. The molecule has 0 spiro atoms. The number of hydrogen-bond acceptors (Lipinski definition) is 3. The molecular weight excluding hydrogens is 180 g/mol. The molecule has 0 aliphatic heterocycles. The number of carbonyl (C=O) groups excluding carboxylic acids is 2. The minimum atomic E-state index is -0.363. The van der Waals surface area contributed by atoms with Gasteiger partial charge in [-0.2, -0.15) is 0 Å². The second-order valence-electron chi connectivity index (χ2n) is 4.11. The standard InChI is InChI=1S/C10H18N2O2/c1-7(2)12(6-10(11)14)8-4-3-5-9(8)13/h7-8H,3-6H2,1-2H3,(H2,11,14). The highest BCUT2D eigenvalue weighted by Gasteiger charge is 2.32. The fraction of sp³-hybridized carbons (Fsp3) is 0.800. The van der Waals surface area contributed by atoms with Crippen molar-refractivity contribution in [3.8, 4) is 0 Å². The zero-order valence-electron chi connectivity index (χ0n) is 8.82. The molecule has 0 aromatic rings. The summed E-state index contributed by atoms with van der Waals surface area (Å²) in [5.41, 5.74) is 5.15. The number of amides is 1. The molecule has 1 saturated carbocycles. The molecule has 1 fully saturated rings. The number of carbonyl (C=O) groups is 2. The highest BCUT2D eigenvalue weighted by atomic mass is 16.1. The van der Waals surface area contributed by atoms with Gasteiger partial charge in [-0.25, -0.2) is 0 Å². The van der Waals surface area contributed by atoms with Crippen molar-refractivity contribution in [2.24, 2.45) is 5.73 Å². The number of rotatable bonds is 4. The maximum atomic E-state index is 11.5. The Balaban J connectivity index is 2.66. The van der Waals surface area contributed by atoms with E-state index in [1.165, 1.54) is 0 Å². The maximum absolute atomic E-state index is 11.5. The van der Waals surface area contributed by atoms with Gasteiger partial charge in [0.25, 0.3) is 0 Å². The molecule has 1 atom stereocenters. The Hall–Kier alpha value is -0.900. The lowest BCUT2D eigenvalue weighted by Gasteiger charge is -2.30. The zero-order chi connectivity index (χ0) is 10.7. The molecule has 0 aromatic carbocycles. The largest absolute Gasteiger partial charge is 0.369 e. The van der Waals surface area contributed by atoms with Crippen molar-refractivity contribution in [1.29, 1.82) is 0 Å². The number of Topliss-reactive ketones (excluding diaryl/α,β-unsaturated/α-hetero) is 1. The summed E-state index contributed by atoms with van der Waals surface area (Å²) in [7, 11) is 0. The van der Waals surface area contributed by atoms with Gasteiger partial charge in [0.1, 0.15) is 5.78 Å². The van der Waals surface area contributed by atoms with Gasteiger partial charge in [0.05, 0.1) is 12.6 Å². The zero-order valence-corrected chi connectivity index (χ0v) is 8.82. The molecule has 0 radical (unpaired) electrons. The predicted octanol–water partition coefficient (Wildman–Crippen LogP) is 0.304. The number of nitrogens with two attached hydrogens (primary N) is 1. The first-order valence-corrected chi connectivity index (χ1v) is 5.09. The highest BCUT2D eigenvalue weighted by Crippen LogP contribution is 2.21. The number of nitrogens with zero attached hydrogens (tertiary/aromatic N) is 1. The first kappa shape index (κ1) is 11.2. The van der Waals surface area contributed by atoms with Crippen molar-refractivity contribution in [3.63, 3.8) is 0 Å². The fourth-order valence-corrected chi connectivity index (χ4v) is 1.98. The second-order valence-corrected chi connectivity index (χ2v) is 4.11. The molecule has 14 heavy (non-hydrogen) atoms. The Labute approximate surface area is 84.4 Å². The number of hydrogen-bond donors (Lipinski definition) is 1. The summed E-state index contributed by atoms with van der Waals surface area (Å²) < 4.78 is 0. The van der Waals surface area contributed by atoms with E-state index in [2.05, 4.69) is 0 Å². The second kappa shape index (κ2) is 4.55. The SMILES string of the molecule is CC(C)N(CC(N)=O)C1CCCC1=O. The minimum absolute atomic E-state index is 0.0810. The molecule has 80 valence electrons. The molecule has 4 nitrogen and oxygen atoms in total. The van der Waals surface area contributed by atoms with Crippen molar-refractivity contribution >= 4 is 11.7 Å². The summed E-state index contributed by atoms with van der Waals surface area (Å²) in [6.45, 7) is 4.15. The Bertz CT molecular complexity index is 238. The molecule has 0 heterocycles. The van der Waals surface area contributed by atoms with Crippen LogP contribution in [0.4, 0.5) is 0 Å². The highest BCUT2D eigenvalue weighted by molar-refractivity contribution is 5.86. The first-order valence-electron chi connectivity index (χ1n) is 5.09. The molecule has 1 unspecified atom stereocenters. The summed E-state index contributed by atoms with van der Waals surface area (Å²) >= 11 is 0. The van der Waals surface area contributed by atoms with Crippen LogP contribution in [0.1, 0.15) is 33.1 Å². The third-order valence-electron chi connectivity index (χ3n) is 2.67. The summed E-state index contributed by atoms with van der Waals surface area (Å²) in [5, 5.41) is 0. The monoisotopic (exact) mass is 198 g/mol. The quantitative estimate of drug-likeness (QED) is 0.706. The van der Waals surface area contributed by atoms with E-state index >= 15 is 0 Å². The van der Waals surface area contributed by atoms with Gasteiger partial charge in [-0.15, -0.1) is 0 Å². The first-order chi connectivity index (χ1) is 6.52. The van der Waals surface area contributed by atoms with Crippen LogP contribution >= 0.6 is 0 Å². The van der Waals surface area contributed by atoms with Crippen molar-refractivity contribution in [2.75, 3.05) is 6.54 Å². The molecule has 0 bridgehead atoms. The van der Waals surface area contributed by atoms with Crippen molar-refractivity contribution in [1.82, 2.24) is 4.90 Å². The Morgan fingerprint density at radius 2 is 2.29 bits per heavy atom. The Morgan fingerprint density at radius 3 is 2.64 bits per heavy atom. The lowest BCUT2D eigenvalue weighted by molar-refractivity contribution is -0.125. The van der Waals surface area contributed by atoms with Crippen LogP contribution in [-0.4, -0.2) is 35.2 Å². The van der Waals surface area contributed by atoms with E-state index in [0.717, 1.165) is 12.8 Å². The molecular formula is C10H18N2O2. The van der Waals surface area contributed by atoms with E-state index in [0.29, 0.717) is 6.42 Å². The molecule has 1 amide bonds. The van der Waals surface area contributed by atoms with Crippen molar-refractivity contribution in [2.45, 2.75) is 45.2 Å². The van der Waals surface area contributed by atoms with E-state index in [9.17, 15) is 9.59 Å². The lowest BCUT2D eigenvalue weighted by Crippen LogP contribution is -2.47. The molecule has 1 rings (SSSR count). The van der Waals surface area contributed by atoms with Crippen LogP contribution < -0.4 is 5.73 Å². The Morgan fingerprint density at radius 1 is 1.64 bits per heavy atom. The van der Waals surface area contributed by atoms with Crippen LogP contribution in [0.15, 0.2) is 0 Å². The predicted molar refractivity (Wildman–Crippen MR) is 53.7 cm³/mol. The molecule has 1 aliphatic carbocycles. The van der Waals surface area contributed by atoms with Crippen LogP contribution in [0.2, 0.25) is 0 Å². The van der Waals surface area contributed by atoms with E-state index in [1.807, 2.05) is 18.7 Å². The normalized spacial score (nSPS) is 22.3. The van der Waals surface area contributed by atoms with E-state index < -0.39 is 0 Å². The van der Waals surface area contributed by atoms with Gasteiger partial charge in [-0.05, 0) is 26.7 Å². The van der Waals surface area contributed by atoms with Crippen LogP contribution in [-0.2, 0) is 9.59 Å². The molecule has 0 aromatic heterocycles. The number of ketones is 1. The van der Waals surface area contributed by atoms with Crippen molar-refractivity contribution in [3.05, 3.63) is 0 Å². The maximum Gasteiger partial charge on any atom is 0.231 e. The smallest absolute Gasteiger partial charge is 0.231 e. The van der Waals surface area contributed by atoms with E-state index in [4.69, 9.17) is 5.73 Å². The third kappa shape index (κ3) is 2.54.